The Morgan fingerprint density at radius 1 is 1.17 bits per heavy atom. The number of hydrogen-bond donors (Lipinski definition) is 2. The lowest BCUT2D eigenvalue weighted by Gasteiger charge is -2.54. The Labute approximate surface area is 180 Å². The van der Waals surface area contributed by atoms with Gasteiger partial charge in [0.25, 0.3) is 0 Å². The van der Waals surface area contributed by atoms with Crippen molar-refractivity contribution in [3.63, 3.8) is 0 Å². The number of hydrogen-bond acceptors (Lipinski definition) is 6. The molecule has 0 spiro atoms. The topological polar surface area (TPSA) is 113 Å². The number of sulfone groups is 1. The van der Waals surface area contributed by atoms with Crippen molar-refractivity contribution in [2.75, 3.05) is 38.2 Å². The Bertz CT molecular complexity index is 739. The van der Waals surface area contributed by atoms with Gasteiger partial charge in [-0.3, -0.25) is 9.59 Å². The van der Waals surface area contributed by atoms with E-state index in [2.05, 4.69) is 10.2 Å². The van der Waals surface area contributed by atoms with Crippen LogP contribution < -0.4 is 11.1 Å². The van der Waals surface area contributed by atoms with Gasteiger partial charge >= 0.3 is 0 Å². The Morgan fingerprint density at radius 2 is 1.87 bits per heavy atom. The zero-order chi connectivity index (χ0) is 22.1. The summed E-state index contributed by atoms with van der Waals surface area (Å²) >= 11 is 0. The molecule has 0 aromatic carbocycles. The van der Waals surface area contributed by atoms with Crippen LogP contribution in [0.4, 0.5) is 0 Å². The fourth-order valence-electron chi connectivity index (χ4n) is 5.43. The second-order valence-corrected chi connectivity index (χ2v) is 11.8. The van der Waals surface area contributed by atoms with Gasteiger partial charge in [0.1, 0.15) is 9.84 Å². The van der Waals surface area contributed by atoms with E-state index in [0.717, 1.165) is 32.1 Å². The summed E-state index contributed by atoms with van der Waals surface area (Å²) in [5, 5.41) is 3.25. The second-order valence-electron chi connectivity index (χ2n) is 9.58. The average Bonchev–Trinajstić information content (AvgIpc) is 3.50. The second kappa shape index (κ2) is 9.53. The number of nitrogens with zero attached hydrogens (tertiary/aromatic N) is 2. The summed E-state index contributed by atoms with van der Waals surface area (Å²) in [5.74, 6) is 1.23. The molecule has 1 heterocycles. The lowest BCUT2D eigenvalue weighted by molar-refractivity contribution is -0.155. The first-order valence-electron chi connectivity index (χ1n) is 11.3. The molecule has 2 amide bonds. The summed E-state index contributed by atoms with van der Waals surface area (Å²) in [6.45, 7) is 5.92. The quantitative estimate of drug-likeness (QED) is 0.520. The molecule has 5 atom stereocenters. The monoisotopic (exact) mass is 442 g/mol. The van der Waals surface area contributed by atoms with Crippen molar-refractivity contribution in [1.82, 2.24) is 15.1 Å². The van der Waals surface area contributed by atoms with Gasteiger partial charge in [0.15, 0.2) is 0 Å². The van der Waals surface area contributed by atoms with Crippen molar-refractivity contribution < 1.29 is 18.0 Å². The van der Waals surface area contributed by atoms with E-state index >= 15 is 0 Å². The van der Waals surface area contributed by atoms with E-state index in [1.165, 1.54) is 6.26 Å². The molecule has 0 aromatic rings. The average molecular weight is 443 g/mol. The predicted octanol–water partition coefficient (Wildman–Crippen LogP) is 0.222. The minimum absolute atomic E-state index is 0.0472. The van der Waals surface area contributed by atoms with Gasteiger partial charge in [-0.25, -0.2) is 8.42 Å². The maximum Gasteiger partial charge on any atom is 0.226 e. The summed E-state index contributed by atoms with van der Waals surface area (Å²) in [6.07, 6.45) is 5.92. The molecule has 2 saturated carbocycles. The molecule has 8 nitrogen and oxygen atoms in total. The van der Waals surface area contributed by atoms with Crippen molar-refractivity contribution in [2.45, 2.75) is 64.1 Å². The number of rotatable bonds is 8. The molecule has 9 heteroatoms. The Hall–Kier alpha value is -1.19. The van der Waals surface area contributed by atoms with Crippen molar-refractivity contribution in [3.05, 3.63) is 0 Å². The lowest BCUT2D eigenvalue weighted by Crippen LogP contribution is -2.67. The van der Waals surface area contributed by atoms with E-state index in [4.69, 9.17) is 5.73 Å². The van der Waals surface area contributed by atoms with E-state index < -0.39 is 9.84 Å². The summed E-state index contributed by atoms with van der Waals surface area (Å²) in [5.41, 5.74) is 6.09. The van der Waals surface area contributed by atoms with E-state index in [1.54, 1.807) is 6.92 Å². The largest absolute Gasteiger partial charge is 0.335 e. The van der Waals surface area contributed by atoms with Crippen LogP contribution in [0.1, 0.15) is 46.0 Å². The van der Waals surface area contributed by atoms with Crippen molar-refractivity contribution in [2.24, 2.45) is 23.5 Å². The van der Waals surface area contributed by atoms with Crippen LogP contribution in [0.5, 0.6) is 0 Å². The van der Waals surface area contributed by atoms with Crippen LogP contribution in [0.2, 0.25) is 0 Å². The molecule has 3 N–H and O–H groups in total. The highest BCUT2D eigenvalue weighted by Gasteiger charge is 2.49. The van der Waals surface area contributed by atoms with Crippen LogP contribution in [-0.4, -0.2) is 86.3 Å². The van der Waals surface area contributed by atoms with Crippen molar-refractivity contribution in [1.29, 1.82) is 0 Å². The first-order chi connectivity index (χ1) is 14.1. The van der Waals surface area contributed by atoms with Gasteiger partial charge in [0.05, 0.1) is 17.8 Å². The molecular weight excluding hydrogens is 404 g/mol. The number of amides is 2. The molecule has 3 rings (SSSR count). The van der Waals surface area contributed by atoms with Crippen LogP contribution in [0.15, 0.2) is 0 Å². The highest BCUT2D eigenvalue weighted by molar-refractivity contribution is 7.90. The molecule has 0 aromatic heterocycles. The van der Waals surface area contributed by atoms with Gasteiger partial charge in [-0.05, 0) is 64.0 Å². The number of nitrogens with two attached hydrogens (primary N) is 1. The molecule has 0 bridgehead atoms. The smallest absolute Gasteiger partial charge is 0.226 e. The normalized spacial score (nSPS) is 30.7. The molecule has 3 fully saturated rings. The molecule has 2 aliphatic carbocycles. The maximum atomic E-state index is 13.0. The summed E-state index contributed by atoms with van der Waals surface area (Å²) in [6, 6.07) is 0.190. The van der Waals surface area contributed by atoms with E-state index in [1.807, 2.05) is 11.8 Å². The minimum Gasteiger partial charge on any atom is -0.335 e. The summed E-state index contributed by atoms with van der Waals surface area (Å²) in [7, 11) is -2.98. The maximum absolute atomic E-state index is 13.0. The van der Waals surface area contributed by atoms with E-state index in [9.17, 15) is 18.0 Å². The molecule has 1 saturated heterocycles. The van der Waals surface area contributed by atoms with Crippen molar-refractivity contribution >= 4 is 21.7 Å². The Balaban J connectivity index is 1.68. The molecular formula is C21H38N4O4S. The molecule has 30 heavy (non-hydrogen) atoms. The van der Waals surface area contributed by atoms with Gasteiger partial charge in [-0.1, -0.05) is 0 Å². The third kappa shape index (κ3) is 5.53. The Morgan fingerprint density at radius 3 is 2.43 bits per heavy atom. The fourth-order valence-corrected chi connectivity index (χ4v) is 5.95. The highest BCUT2D eigenvalue weighted by atomic mass is 32.2. The fraction of sp³-hybridized carbons (Fsp3) is 0.905. The summed E-state index contributed by atoms with van der Waals surface area (Å²) in [4.78, 5) is 29.4. The number of carbonyl (C=O) groups is 2. The zero-order valence-corrected chi connectivity index (χ0v) is 19.4. The van der Waals surface area contributed by atoms with Crippen molar-refractivity contribution in [3.8, 4) is 0 Å². The first kappa shape index (κ1) is 23.5. The molecule has 5 unspecified atom stereocenters. The molecule has 3 aliphatic rings. The van der Waals surface area contributed by atoms with Crippen LogP contribution in [0.3, 0.4) is 0 Å². The number of nitrogens with one attached hydrogen (secondary N) is 1. The summed E-state index contributed by atoms with van der Waals surface area (Å²) < 4.78 is 22.7. The number of piperazine rings is 1. The lowest BCUT2D eigenvalue weighted by atomic mass is 9.73. The van der Waals surface area contributed by atoms with Crippen LogP contribution in [0, 0.1) is 17.8 Å². The van der Waals surface area contributed by atoms with Crippen LogP contribution in [-0.2, 0) is 19.4 Å². The number of carbonyl (C=O) groups excluding carboxylic acids is 2. The van der Waals surface area contributed by atoms with Gasteiger partial charge in [0.2, 0.25) is 11.8 Å². The standard InChI is InChI=1S/C21H38N4O4S/c1-14-13-24(21(27)16-4-5-16)20-10-17(6-7-19(20)25(14)15(2)26)18(11-22)12-23-8-9-30(3,28)29/h14,16-20,23H,4-13,22H2,1-3H3. The third-order valence-electron chi connectivity index (χ3n) is 7.11. The third-order valence-corrected chi connectivity index (χ3v) is 8.06. The van der Waals surface area contributed by atoms with Gasteiger partial charge in [0, 0.05) is 38.2 Å². The minimum atomic E-state index is -2.98. The van der Waals surface area contributed by atoms with E-state index in [-0.39, 0.29) is 47.5 Å². The Kier molecular flexibility index (Phi) is 7.45. The van der Waals surface area contributed by atoms with Crippen LogP contribution >= 0.6 is 0 Å². The van der Waals surface area contributed by atoms with Gasteiger partial charge < -0.3 is 20.9 Å². The van der Waals surface area contributed by atoms with Gasteiger partial charge in [-0.15, -0.1) is 0 Å². The highest BCUT2D eigenvalue weighted by Crippen LogP contribution is 2.41. The molecule has 0 radical (unpaired) electrons. The first-order valence-corrected chi connectivity index (χ1v) is 13.4. The molecule has 1 aliphatic heterocycles. The van der Waals surface area contributed by atoms with Crippen LogP contribution in [0.25, 0.3) is 0 Å². The predicted molar refractivity (Wildman–Crippen MR) is 116 cm³/mol. The zero-order valence-electron chi connectivity index (χ0n) is 18.5. The molecule has 172 valence electrons. The van der Waals surface area contributed by atoms with E-state index in [0.29, 0.717) is 32.1 Å². The van der Waals surface area contributed by atoms with Gasteiger partial charge in [-0.2, -0.15) is 0 Å². The number of fused-ring (bicyclic) bond motifs is 1. The SMILES string of the molecule is CC(=O)N1C(C)CN(C(=O)C2CC2)C2CC(C(CN)CNCCS(C)(=O)=O)CCC21.